The van der Waals surface area contributed by atoms with Crippen molar-refractivity contribution in [3.8, 4) is 5.75 Å². The van der Waals surface area contributed by atoms with Gasteiger partial charge < -0.3 is 9.84 Å². The Labute approximate surface area is 198 Å². The van der Waals surface area contributed by atoms with Gasteiger partial charge in [-0.2, -0.15) is 0 Å². The summed E-state index contributed by atoms with van der Waals surface area (Å²) in [6.07, 6.45) is 2.53. The maximum absolute atomic E-state index is 12.6. The number of ketones is 1. The molecule has 3 aromatic rings. The molecule has 0 saturated heterocycles. The van der Waals surface area contributed by atoms with Crippen molar-refractivity contribution < 1.29 is 19.6 Å². The molecule has 0 amide bonds. The van der Waals surface area contributed by atoms with Crippen molar-refractivity contribution in [2.45, 2.75) is 12.5 Å². The molecule has 0 spiro atoms. The lowest BCUT2D eigenvalue weighted by Crippen LogP contribution is -2.38. The smallest absolute Gasteiger partial charge is 0.269 e. The predicted molar refractivity (Wildman–Crippen MR) is 130 cm³/mol. The number of aliphatic hydroxyl groups is 1. The summed E-state index contributed by atoms with van der Waals surface area (Å²) in [5.74, 6) is 0.332. The summed E-state index contributed by atoms with van der Waals surface area (Å²) >= 11 is 0. The van der Waals surface area contributed by atoms with Gasteiger partial charge in [0.05, 0.1) is 4.92 Å². The topological polar surface area (TPSA) is 92.9 Å². The van der Waals surface area contributed by atoms with E-state index in [1.165, 1.54) is 35.4 Å². The number of non-ortho nitro benzene ring substituents is 1. The summed E-state index contributed by atoms with van der Waals surface area (Å²) in [7, 11) is 0. The van der Waals surface area contributed by atoms with Crippen LogP contribution in [0.5, 0.6) is 5.75 Å². The molecule has 0 bridgehead atoms. The first-order valence-corrected chi connectivity index (χ1v) is 11.2. The minimum Gasteiger partial charge on any atom is -0.491 e. The largest absolute Gasteiger partial charge is 0.491 e. The van der Waals surface area contributed by atoms with Crippen molar-refractivity contribution in [1.29, 1.82) is 0 Å². The number of aliphatic hydroxyl groups excluding tert-OH is 1. The van der Waals surface area contributed by atoms with E-state index < -0.39 is 11.0 Å². The van der Waals surface area contributed by atoms with Gasteiger partial charge in [0, 0.05) is 42.9 Å². The van der Waals surface area contributed by atoms with E-state index in [-0.39, 0.29) is 18.1 Å². The summed E-state index contributed by atoms with van der Waals surface area (Å²) in [5.41, 5.74) is 3.36. The summed E-state index contributed by atoms with van der Waals surface area (Å²) in [4.78, 5) is 25.0. The predicted octanol–water partition coefficient (Wildman–Crippen LogP) is 4.35. The molecule has 3 aromatic carbocycles. The van der Waals surface area contributed by atoms with Gasteiger partial charge in [-0.15, -0.1) is 0 Å². The van der Waals surface area contributed by atoms with E-state index in [2.05, 4.69) is 23.1 Å². The molecular formula is C27H26N2O5. The van der Waals surface area contributed by atoms with Crippen LogP contribution in [0.1, 0.15) is 27.9 Å². The summed E-state index contributed by atoms with van der Waals surface area (Å²) in [6.45, 7) is 2.36. The van der Waals surface area contributed by atoms with Crippen LogP contribution in [-0.4, -0.2) is 53.1 Å². The van der Waals surface area contributed by atoms with Crippen LogP contribution in [0.4, 0.5) is 5.69 Å². The van der Waals surface area contributed by atoms with Crippen LogP contribution < -0.4 is 4.74 Å². The molecule has 1 aliphatic rings. The highest BCUT2D eigenvalue weighted by Crippen LogP contribution is 2.22. The molecule has 0 aromatic heterocycles. The standard InChI is InChI=1S/C27H26N2O5/c30-25(18-28-16-14-21(15-17-28)20-4-2-1-3-5-20)19-34-26-12-8-23(9-13-26)27(31)22-6-10-24(11-7-22)29(32)33/h1-14,25,30H,15-19H2. The van der Waals surface area contributed by atoms with Crippen molar-refractivity contribution in [2.24, 2.45) is 0 Å². The van der Waals surface area contributed by atoms with Gasteiger partial charge in [-0.3, -0.25) is 19.8 Å². The molecule has 1 atom stereocenters. The first kappa shape index (κ1) is 23.4. The van der Waals surface area contributed by atoms with Gasteiger partial charge in [-0.25, -0.2) is 0 Å². The SMILES string of the molecule is O=C(c1ccc(OCC(O)CN2CC=C(c3ccccc3)CC2)cc1)c1ccc([N+](=O)[O-])cc1. The van der Waals surface area contributed by atoms with Gasteiger partial charge in [0.15, 0.2) is 5.78 Å². The van der Waals surface area contributed by atoms with Crippen molar-refractivity contribution in [2.75, 3.05) is 26.2 Å². The zero-order valence-corrected chi connectivity index (χ0v) is 18.7. The van der Waals surface area contributed by atoms with Crippen molar-refractivity contribution in [3.63, 3.8) is 0 Å². The first-order chi connectivity index (χ1) is 16.5. The quantitative estimate of drug-likeness (QED) is 0.291. The highest BCUT2D eigenvalue weighted by molar-refractivity contribution is 6.09. The maximum atomic E-state index is 12.6. The van der Waals surface area contributed by atoms with Crippen molar-refractivity contribution in [3.05, 3.63) is 112 Å². The number of β-amino-alcohol motifs (C(OH)–C–C–N with tert-alkyl or cyclic N) is 1. The van der Waals surface area contributed by atoms with Crippen LogP contribution in [0.3, 0.4) is 0 Å². The fraction of sp³-hybridized carbons (Fsp3) is 0.222. The third-order valence-corrected chi connectivity index (χ3v) is 5.81. The van der Waals surface area contributed by atoms with E-state index >= 15 is 0 Å². The third-order valence-electron chi connectivity index (χ3n) is 5.81. The monoisotopic (exact) mass is 458 g/mol. The number of hydrogen-bond acceptors (Lipinski definition) is 6. The van der Waals surface area contributed by atoms with Crippen LogP contribution in [0, 0.1) is 10.1 Å². The Balaban J connectivity index is 1.25. The molecule has 0 aliphatic carbocycles. The van der Waals surface area contributed by atoms with E-state index in [1.54, 1.807) is 24.3 Å². The second kappa shape index (κ2) is 10.9. The molecule has 1 heterocycles. The van der Waals surface area contributed by atoms with Crippen molar-refractivity contribution in [1.82, 2.24) is 4.90 Å². The van der Waals surface area contributed by atoms with Gasteiger partial charge in [0.1, 0.15) is 18.5 Å². The van der Waals surface area contributed by atoms with E-state index in [4.69, 9.17) is 4.74 Å². The molecule has 34 heavy (non-hydrogen) atoms. The lowest BCUT2D eigenvalue weighted by molar-refractivity contribution is -0.384. The second-order valence-electron chi connectivity index (χ2n) is 8.23. The minimum atomic E-state index is -0.631. The number of nitro groups is 1. The van der Waals surface area contributed by atoms with Crippen LogP contribution in [-0.2, 0) is 0 Å². The average molecular weight is 459 g/mol. The molecule has 0 fully saturated rings. The Morgan fingerprint density at radius 3 is 2.24 bits per heavy atom. The number of rotatable bonds is 9. The normalized spacial score (nSPS) is 14.8. The molecule has 174 valence electrons. The van der Waals surface area contributed by atoms with Crippen LogP contribution in [0.2, 0.25) is 0 Å². The van der Waals surface area contributed by atoms with Crippen LogP contribution in [0.15, 0.2) is 84.9 Å². The first-order valence-electron chi connectivity index (χ1n) is 11.2. The van der Waals surface area contributed by atoms with E-state index in [1.807, 2.05) is 18.2 Å². The zero-order valence-electron chi connectivity index (χ0n) is 18.7. The molecule has 0 radical (unpaired) electrons. The van der Waals surface area contributed by atoms with Crippen molar-refractivity contribution >= 4 is 17.0 Å². The van der Waals surface area contributed by atoms with E-state index in [9.17, 15) is 20.0 Å². The molecule has 0 saturated carbocycles. The number of hydrogen-bond donors (Lipinski definition) is 1. The maximum Gasteiger partial charge on any atom is 0.269 e. The van der Waals surface area contributed by atoms with Gasteiger partial charge in [0.25, 0.3) is 5.69 Å². The summed E-state index contributed by atoms with van der Waals surface area (Å²) < 4.78 is 5.70. The fourth-order valence-corrected chi connectivity index (χ4v) is 3.94. The number of ether oxygens (including phenoxy) is 1. The average Bonchev–Trinajstić information content (AvgIpc) is 2.88. The van der Waals surface area contributed by atoms with Gasteiger partial charge >= 0.3 is 0 Å². The second-order valence-corrected chi connectivity index (χ2v) is 8.23. The number of benzene rings is 3. The number of carbonyl (C=O) groups is 1. The van der Waals surface area contributed by atoms with E-state index in [0.29, 0.717) is 23.4 Å². The molecule has 1 N–H and O–H groups in total. The Morgan fingerprint density at radius 1 is 1.00 bits per heavy atom. The summed E-state index contributed by atoms with van der Waals surface area (Å²) in [6, 6.07) is 22.5. The Hall–Kier alpha value is -3.81. The molecule has 1 aliphatic heterocycles. The molecule has 7 nitrogen and oxygen atoms in total. The highest BCUT2D eigenvalue weighted by atomic mass is 16.6. The minimum absolute atomic E-state index is 0.0592. The number of nitrogens with zero attached hydrogens (tertiary/aromatic N) is 2. The number of carbonyl (C=O) groups excluding carboxylic acids is 1. The lowest BCUT2D eigenvalue weighted by Gasteiger charge is -2.28. The third kappa shape index (κ3) is 5.95. The molecular weight excluding hydrogens is 432 g/mol. The fourth-order valence-electron chi connectivity index (χ4n) is 3.94. The zero-order chi connectivity index (χ0) is 23.9. The van der Waals surface area contributed by atoms with Gasteiger partial charge in [-0.05, 0) is 54.0 Å². The molecule has 4 rings (SSSR count). The van der Waals surface area contributed by atoms with Crippen LogP contribution >= 0.6 is 0 Å². The van der Waals surface area contributed by atoms with Gasteiger partial charge in [0.2, 0.25) is 0 Å². The van der Waals surface area contributed by atoms with Gasteiger partial charge in [-0.1, -0.05) is 36.4 Å². The number of nitro benzene ring substituents is 1. The Kier molecular flexibility index (Phi) is 7.47. The molecule has 7 heteroatoms. The van der Waals surface area contributed by atoms with E-state index in [0.717, 1.165) is 19.5 Å². The lowest BCUT2D eigenvalue weighted by atomic mass is 9.99. The Morgan fingerprint density at radius 2 is 1.65 bits per heavy atom. The molecule has 1 unspecified atom stereocenters. The van der Waals surface area contributed by atoms with Crippen LogP contribution in [0.25, 0.3) is 5.57 Å². The highest BCUT2D eigenvalue weighted by Gasteiger charge is 2.17. The Bertz CT molecular complexity index is 1160. The summed E-state index contributed by atoms with van der Waals surface area (Å²) in [5, 5.41) is 21.2.